The second-order valence-corrected chi connectivity index (χ2v) is 9.98. The Labute approximate surface area is 107 Å². The summed E-state index contributed by atoms with van der Waals surface area (Å²) in [6.07, 6.45) is 1.23. The highest BCUT2D eigenvalue weighted by Crippen LogP contribution is 2.57. The van der Waals surface area contributed by atoms with Gasteiger partial charge in [0.2, 0.25) is 0 Å². The Morgan fingerprint density at radius 3 is 1.76 bits per heavy atom. The molecule has 0 N–H and O–H groups in total. The van der Waals surface area contributed by atoms with Gasteiger partial charge in [-0.2, -0.15) is 0 Å². The summed E-state index contributed by atoms with van der Waals surface area (Å²) in [6, 6.07) is 0. The van der Waals surface area contributed by atoms with Gasteiger partial charge in [0.15, 0.2) is 0 Å². The molecule has 0 saturated heterocycles. The van der Waals surface area contributed by atoms with E-state index in [-0.39, 0.29) is 11.2 Å². The largest absolute Gasteiger partial charge is 0.322 e. The van der Waals surface area contributed by atoms with Gasteiger partial charge in [0.05, 0.1) is 5.78 Å². The van der Waals surface area contributed by atoms with Crippen LogP contribution < -0.4 is 0 Å². The normalized spacial score (nSPS) is 15.6. The quantitative estimate of drug-likeness (QED) is 0.535. The van der Waals surface area contributed by atoms with E-state index in [9.17, 15) is 9.77 Å². The highest BCUT2D eigenvalue weighted by Gasteiger charge is 2.43. The first kappa shape index (κ1) is 17.2. The summed E-state index contributed by atoms with van der Waals surface area (Å²) < 4.78 is 12.9. The Morgan fingerprint density at radius 1 is 1.12 bits per heavy atom. The van der Waals surface area contributed by atoms with Gasteiger partial charge in [-0.15, -0.1) is 10.3 Å². The maximum atomic E-state index is 12.9. The summed E-state index contributed by atoms with van der Waals surface area (Å²) in [4.78, 5) is 0. The third kappa shape index (κ3) is 4.73. The third-order valence-electron chi connectivity index (χ3n) is 3.11. The molecule has 0 aliphatic rings. The maximum Gasteiger partial charge on any atom is 0.106 e. The molecule has 3 nitrogen and oxygen atoms in total. The van der Waals surface area contributed by atoms with Gasteiger partial charge in [0, 0.05) is 6.54 Å². The van der Waals surface area contributed by atoms with Crippen molar-refractivity contribution in [2.45, 2.75) is 54.2 Å². The summed E-state index contributed by atoms with van der Waals surface area (Å²) in [6.45, 7) is 14.4. The van der Waals surface area contributed by atoms with E-state index in [0.717, 1.165) is 5.06 Å². The molecule has 0 aliphatic heterocycles. The predicted octanol–water partition coefficient (Wildman–Crippen LogP) is 4.07. The standard InChI is InChI=1S/C13H29NO2P/c1-8-17(16,9-2)12(13(5,6)7)14(15)10-11(3)4/h11-12H,8-10H2,1-7H3. The fraction of sp³-hybridized carbons (Fsp3) is 1.00. The highest BCUT2D eigenvalue weighted by atomic mass is 31.2. The van der Waals surface area contributed by atoms with Crippen molar-refractivity contribution in [1.29, 1.82) is 0 Å². The number of hydrogen-bond acceptors (Lipinski definition) is 2. The minimum Gasteiger partial charge on any atom is -0.322 e. The maximum absolute atomic E-state index is 12.9. The molecule has 4 heteroatoms. The summed E-state index contributed by atoms with van der Waals surface area (Å²) in [7, 11) is -2.41. The lowest BCUT2D eigenvalue weighted by Gasteiger charge is -2.40. The van der Waals surface area contributed by atoms with Crippen LogP contribution in [-0.2, 0) is 9.77 Å². The zero-order valence-corrected chi connectivity index (χ0v) is 13.4. The van der Waals surface area contributed by atoms with Crippen molar-refractivity contribution in [1.82, 2.24) is 5.06 Å². The van der Waals surface area contributed by atoms with Crippen molar-refractivity contribution in [2.24, 2.45) is 11.3 Å². The molecule has 0 rings (SSSR count). The average Bonchev–Trinajstić information content (AvgIpc) is 2.14. The summed E-state index contributed by atoms with van der Waals surface area (Å²) in [5.41, 5.74) is -0.238. The molecular formula is C13H29NO2P. The van der Waals surface area contributed by atoms with Crippen LogP contribution in [0.15, 0.2) is 0 Å². The van der Waals surface area contributed by atoms with Crippen LogP contribution in [-0.4, -0.2) is 29.7 Å². The molecule has 103 valence electrons. The number of hydrogen-bond donors (Lipinski definition) is 0. The van der Waals surface area contributed by atoms with Gasteiger partial charge < -0.3 is 4.57 Å². The second-order valence-electron chi connectivity index (χ2n) is 6.32. The summed E-state index contributed by atoms with van der Waals surface area (Å²) in [5.74, 6) is -0.0492. The topological polar surface area (TPSA) is 40.2 Å². The van der Waals surface area contributed by atoms with Crippen molar-refractivity contribution in [3.8, 4) is 0 Å². The van der Waals surface area contributed by atoms with Crippen LogP contribution in [0.4, 0.5) is 0 Å². The zero-order valence-electron chi connectivity index (χ0n) is 12.5. The average molecular weight is 262 g/mol. The van der Waals surface area contributed by atoms with Crippen LogP contribution >= 0.6 is 7.14 Å². The molecule has 1 unspecified atom stereocenters. The highest BCUT2D eigenvalue weighted by molar-refractivity contribution is 7.64. The Kier molecular flexibility index (Phi) is 6.41. The zero-order chi connectivity index (χ0) is 13.9. The van der Waals surface area contributed by atoms with Gasteiger partial charge >= 0.3 is 0 Å². The van der Waals surface area contributed by atoms with E-state index in [2.05, 4.69) is 0 Å². The van der Waals surface area contributed by atoms with Crippen LogP contribution in [0.5, 0.6) is 0 Å². The molecule has 0 fully saturated rings. The molecule has 0 heterocycles. The molecule has 0 spiro atoms. The molecule has 0 amide bonds. The predicted molar refractivity (Wildman–Crippen MR) is 74.2 cm³/mol. The summed E-state index contributed by atoms with van der Waals surface area (Å²) in [5, 5.41) is 13.4. The van der Waals surface area contributed by atoms with E-state index >= 15 is 0 Å². The summed E-state index contributed by atoms with van der Waals surface area (Å²) >= 11 is 0. The van der Waals surface area contributed by atoms with Crippen LogP contribution in [0, 0.1) is 11.3 Å². The van der Waals surface area contributed by atoms with E-state index in [0.29, 0.717) is 24.8 Å². The second kappa shape index (κ2) is 6.36. The minimum atomic E-state index is -2.41. The van der Waals surface area contributed by atoms with Crippen molar-refractivity contribution >= 4 is 7.14 Å². The monoisotopic (exact) mass is 262 g/mol. The Morgan fingerprint density at radius 2 is 1.53 bits per heavy atom. The van der Waals surface area contributed by atoms with Gasteiger partial charge in [-0.25, -0.2) is 0 Å². The van der Waals surface area contributed by atoms with Gasteiger partial charge in [-0.1, -0.05) is 48.5 Å². The third-order valence-corrected chi connectivity index (χ3v) is 7.17. The van der Waals surface area contributed by atoms with Crippen LogP contribution in [0.1, 0.15) is 48.5 Å². The van der Waals surface area contributed by atoms with Crippen molar-refractivity contribution in [2.75, 3.05) is 18.9 Å². The lowest BCUT2D eigenvalue weighted by Crippen LogP contribution is -2.43. The van der Waals surface area contributed by atoms with E-state index in [1.165, 1.54) is 0 Å². The fourth-order valence-electron chi connectivity index (χ4n) is 2.40. The van der Waals surface area contributed by atoms with Crippen LogP contribution in [0.3, 0.4) is 0 Å². The number of rotatable bonds is 6. The van der Waals surface area contributed by atoms with E-state index in [1.807, 2.05) is 48.5 Å². The lowest BCUT2D eigenvalue weighted by atomic mass is 9.96. The Bertz CT molecular complexity index is 263. The minimum absolute atomic E-state index is 0.238. The molecular weight excluding hydrogens is 233 g/mol. The molecule has 0 aromatic carbocycles. The van der Waals surface area contributed by atoms with Gasteiger partial charge in [0.1, 0.15) is 7.14 Å². The Balaban J connectivity index is 5.22. The Hall–Kier alpha value is 0.150. The molecule has 17 heavy (non-hydrogen) atoms. The van der Waals surface area contributed by atoms with Gasteiger partial charge in [-0.05, 0) is 23.7 Å². The first-order valence-electron chi connectivity index (χ1n) is 6.60. The number of nitrogens with zero attached hydrogens (tertiary/aromatic N) is 1. The number of hydroxylamine groups is 2. The van der Waals surface area contributed by atoms with Crippen molar-refractivity contribution in [3.05, 3.63) is 0 Å². The molecule has 0 aromatic rings. The molecule has 0 aliphatic carbocycles. The first-order valence-corrected chi connectivity index (χ1v) is 8.74. The van der Waals surface area contributed by atoms with Crippen molar-refractivity contribution < 1.29 is 9.77 Å². The lowest BCUT2D eigenvalue weighted by molar-refractivity contribution is -0.191. The SMILES string of the molecule is CCP(=O)(CC)C(N([O])CC(C)C)C(C)(C)C. The van der Waals surface area contributed by atoms with Crippen LogP contribution in [0.2, 0.25) is 0 Å². The first-order chi connectivity index (χ1) is 7.58. The van der Waals surface area contributed by atoms with Crippen molar-refractivity contribution in [3.63, 3.8) is 0 Å². The fourth-order valence-corrected chi connectivity index (χ4v) is 5.52. The molecule has 1 radical (unpaired) electrons. The van der Waals surface area contributed by atoms with Gasteiger partial charge in [-0.3, -0.25) is 0 Å². The molecule has 0 bridgehead atoms. The smallest absolute Gasteiger partial charge is 0.106 e. The van der Waals surface area contributed by atoms with Crippen LogP contribution in [0.25, 0.3) is 0 Å². The van der Waals surface area contributed by atoms with E-state index in [1.54, 1.807) is 0 Å². The molecule has 0 aromatic heterocycles. The van der Waals surface area contributed by atoms with E-state index < -0.39 is 7.14 Å². The molecule has 0 saturated carbocycles. The molecule has 1 atom stereocenters. The van der Waals surface area contributed by atoms with E-state index in [4.69, 9.17) is 0 Å². The van der Waals surface area contributed by atoms with Gasteiger partial charge in [0.25, 0.3) is 0 Å².